The molecule has 1 fully saturated rings. The second kappa shape index (κ2) is 8.32. The van der Waals surface area contributed by atoms with Gasteiger partial charge in [-0.15, -0.1) is 0 Å². The number of nitrogens with one attached hydrogen (secondary N) is 2. The number of hydrogen-bond acceptors (Lipinski definition) is 4. The van der Waals surface area contributed by atoms with Crippen molar-refractivity contribution in [3.05, 3.63) is 59.4 Å². The number of pyridine rings is 1. The number of hydrogen-bond donors (Lipinski definition) is 2. The highest BCUT2D eigenvalue weighted by molar-refractivity contribution is 6.30. The fourth-order valence-corrected chi connectivity index (χ4v) is 3.07. The van der Waals surface area contributed by atoms with E-state index >= 15 is 0 Å². The predicted octanol–water partition coefficient (Wildman–Crippen LogP) is 2.59. The molecule has 2 N–H and O–H groups in total. The van der Waals surface area contributed by atoms with E-state index in [4.69, 9.17) is 16.3 Å². The standard InChI is InChI=1S/C19H22ClN3O2/c20-15-4-6-17(7-5-15)25-19(9-13-21-14-10-19)18(24)23-12-8-16-3-1-2-11-22-16/h1-7,11,21H,8-10,12-14H2,(H,23,24). The van der Waals surface area contributed by atoms with Gasteiger partial charge >= 0.3 is 0 Å². The Labute approximate surface area is 152 Å². The molecule has 1 aromatic heterocycles. The first kappa shape index (κ1) is 17.7. The van der Waals surface area contributed by atoms with Gasteiger partial charge in [-0.3, -0.25) is 9.78 Å². The molecule has 0 aliphatic carbocycles. The molecule has 132 valence electrons. The number of rotatable bonds is 6. The first-order valence-corrected chi connectivity index (χ1v) is 8.89. The lowest BCUT2D eigenvalue weighted by molar-refractivity contribution is -0.139. The topological polar surface area (TPSA) is 63.2 Å². The molecule has 6 heteroatoms. The zero-order valence-corrected chi connectivity index (χ0v) is 14.8. The molecular weight excluding hydrogens is 338 g/mol. The van der Waals surface area contributed by atoms with Crippen LogP contribution < -0.4 is 15.4 Å². The first-order valence-electron chi connectivity index (χ1n) is 8.51. The lowest BCUT2D eigenvalue weighted by atomic mass is 9.90. The maximum atomic E-state index is 12.9. The summed E-state index contributed by atoms with van der Waals surface area (Å²) in [5, 5.41) is 6.94. The van der Waals surface area contributed by atoms with E-state index in [1.54, 1.807) is 30.5 Å². The quantitative estimate of drug-likeness (QED) is 0.832. The van der Waals surface area contributed by atoms with E-state index in [-0.39, 0.29) is 5.91 Å². The van der Waals surface area contributed by atoms with Gasteiger partial charge in [-0.1, -0.05) is 17.7 Å². The van der Waals surface area contributed by atoms with E-state index in [1.165, 1.54) is 0 Å². The van der Waals surface area contributed by atoms with Crippen molar-refractivity contribution in [2.24, 2.45) is 0 Å². The molecule has 0 spiro atoms. The van der Waals surface area contributed by atoms with Gasteiger partial charge in [0.1, 0.15) is 5.75 Å². The highest BCUT2D eigenvalue weighted by Crippen LogP contribution is 2.28. The smallest absolute Gasteiger partial charge is 0.264 e. The minimum Gasteiger partial charge on any atom is -0.477 e. The molecule has 0 saturated carbocycles. The summed E-state index contributed by atoms with van der Waals surface area (Å²) >= 11 is 5.93. The number of carbonyl (C=O) groups excluding carboxylic acids is 1. The molecule has 3 rings (SSSR count). The summed E-state index contributed by atoms with van der Waals surface area (Å²) < 4.78 is 6.14. The maximum Gasteiger partial charge on any atom is 0.264 e. The van der Waals surface area contributed by atoms with Gasteiger partial charge in [-0.2, -0.15) is 0 Å². The summed E-state index contributed by atoms with van der Waals surface area (Å²) in [6, 6.07) is 12.9. The number of ether oxygens (including phenoxy) is 1. The van der Waals surface area contributed by atoms with Crippen LogP contribution in [0, 0.1) is 0 Å². The van der Waals surface area contributed by atoms with Crippen molar-refractivity contribution in [1.82, 2.24) is 15.6 Å². The van der Waals surface area contributed by atoms with Crippen LogP contribution in [0.25, 0.3) is 0 Å². The largest absolute Gasteiger partial charge is 0.477 e. The van der Waals surface area contributed by atoms with Crippen molar-refractivity contribution in [3.63, 3.8) is 0 Å². The molecular formula is C19H22ClN3O2. The van der Waals surface area contributed by atoms with Crippen LogP contribution in [0.4, 0.5) is 0 Å². The van der Waals surface area contributed by atoms with Crippen LogP contribution in [-0.4, -0.2) is 36.1 Å². The third-order valence-corrected chi connectivity index (χ3v) is 4.60. The molecule has 0 unspecified atom stereocenters. The minimum absolute atomic E-state index is 0.0696. The Morgan fingerprint density at radius 3 is 2.64 bits per heavy atom. The Morgan fingerprint density at radius 1 is 1.20 bits per heavy atom. The normalized spacial score (nSPS) is 16.2. The average molecular weight is 360 g/mol. The van der Waals surface area contributed by atoms with Gasteiger partial charge in [0.2, 0.25) is 0 Å². The molecule has 0 bridgehead atoms. The van der Waals surface area contributed by atoms with Crippen LogP contribution in [0.1, 0.15) is 18.5 Å². The monoisotopic (exact) mass is 359 g/mol. The maximum absolute atomic E-state index is 12.9. The van der Waals surface area contributed by atoms with Crippen LogP contribution in [0.2, 0.25) is 5.02 Å². The minimum atomic E-state index is -0.844. The number of nitrogens with zero attached hydrogens (tertiary/aromatic N) is 1. The third kappa shape index (κ3) is 4.71. The summed E-state index contributed by atoms with van der Waals surface area (Å²) in [5.74, 6) is 0.589. The summed E-state index contributed by atoms with van der Waals surface area (Å²) in [6.07, 6.45) is 3.72. The zero-order chi connectivity index (χ0) is 17.5. The van der Waals surface area contributed by atoms with Crippen LogP contribution >= 0.6 is 11.6 Å². The highest BCUT2D eigenvalue weighted by atomic mass is 35.5. The molecule has 0 atom stereocenters. The van der Waals surface area contributed by atoms with Gasteiger partial charge in [-0.05, 0) is 49.5 Å². The Hall–Kier alpha value is -2.11. The van der Waals surface area contributed by atoms with E-state index in [2.05, 4.69) is 15.6 Å². The molecule has 1 aliphatic heterocycles. The van der Waals surface area contributed by atoms with E-state index in [0.29, 0.717) is 36.6 Å². The fraction of sp³-hybridized carbons (Fsp3) is 0.368. The Kier molecular flexibility index (Phi) is 5.89. The summed E-state index contributed by atoms with van der Waals surface area (Å²) in [5.41, 5.74) is 0.115. The molecule has 1 amide bonds. The van der Waals surface area contributed by atoms with Crippen molar-refractivity contribution < 1.29 is 9.53 Å². The van der Waals surface area contributed by atoms with Gasteiger partial charge in [0.25, 0.3) is 5.91 Å². The van der Waals surface area contributed by atoms with Crippen LogP contribution in [0.3, 0.4) is 0 Å². The average Bonchev–Trinajstić information content (AvgIpc) is 2.65. The molecule has 5 nitrogen and oxygen atoms in total. The Morgan fingerprint density at radius 2 is 1.96 bits per heavy atom. The molecule has 1 aliphatic rings. The van der Waals surface area contributed by atoms with Gasteiger partial charge in [0.05, 0.1) is 0 Å². The molecule has 0 radical (unpaired) electrons. The van der Waals surface area contributed by atoms with Gasteiger partial charge < -0.3 is 15.4 Å². The van der Waals surface area contributed by atoms with E-state index in [9.17, 15) is 4.79 Å². The lowest BCUT2D eigenvalue weighted by Crippen LogP contribution is -2.56. The number of aromatic nitrogens is 1. The van der Waals surface area contributed by atoms with Gasteiger partial charge in [-0.25, -0.2) is 0 Å². The summed E-state index contributed by atoms with van der Waals surface area (Å²) in [6.45, 7) is 2.04. The van der Waals surface area contributed by atoms with Crippen molar-refractivity contribution in [2.75, 3.05) is 19.6 Å². The van der Waals surface area contributed by atoms with Crippen molar-refractivity contribution >= 4 is 17.5 Å². The lowest BCUT2D eigenvalue weighted by Gasteiger charge is -2.36. The van der Waals surface area contributed by atoms with E-state index in [0.717, 1.165) is 18.8 Å². The Balaban J connectivity index is 1.64. The van der Waals surface area contributed by atoms with Crippen LogP contribution in [0.15, 0.2) is 48.7 Å². The summed E-state index contributed by atoms with van der Waals surface area (Å²) in [4.78, 5) is 17.1. The second-order valence-corrected chi connectivity index (χ2v) is 6.56. The molecule has 1 saturated heterocycles. The molecule has 25 heavy (non-hydrogen) atoms. The van der Waals surface area contributed by atoms with Crippen molar-refractivity contribution in [3.8, 4) is 5.75 Å². The molecule has 2 heterocycles. The number of piperidine rings is 1. The fourth-order valence-electron chi connectivity index (χ4n) is 2.95. The van der Waals surface area contributed by atoms with Crippen LogP contribution in [0.5, 0.6) is 5.75 Å². The molecule has 2 aromatic rings. The summed E-state index contributed by atoms with van der Waals surface area (Å²) in [7, 11) is 0. The van der Waals surface area contributed by atoms with E-state index < -0.39 is 5.60 Å². The van der Waals surface area contributed by atoms with Gasteiger partial charge in [0.15, 0.2) is 5.60 Å². The first-order chi connectivity index (χ1) is 12.2. The van der Waals surface area contributed by atoms with Crippen LogP contribution in [-0.2, 0) is 11.2 Å². The zero-order valence-electron chi connectivity index (χ0n) is 14.0. The number of amides is 1. The number of benzene rings is 1. The predicted molar refractivity (Wildman–Crippen MR) is 97.9 cm³/mol. The SMILES string of the molecule is O=C(NCCc1ccccn1)C1(Oc2ccc(Cl)cc2)CCNCC1. The highest BCUT2D eigenvalue weighted by Gasteiger charge is 2.41. The van der Waals surface area contributed by atoms with Crippen molar-refractivity contribution in [2.45, 2.75) is 24.9 Å². The van der Waals surface area contributed by atoms with E-state index in [1.807, 2.05) is 18.2 Å². The second-order valence-electron chi connectivity index (χ2n) is 6.13. The molecule has 1 aromatic carbocycles. The number of carbonyl (C=O) groups is 1. The van der Waals surface area contributed by atoms with Crippen molar-refractivity contribution in [1.29, 1.82) is 0 Å². The third-order valence-electron chi connectivity index (χ3n) is 4.34. The number of halogens is 1. The van der Waals surface area contributed by atoms with Gasteiger partial charge in [0, 0.05) is 42.7 Å². The Bertz CT molecular complexity index is 686.